The number of carbonyl (C=O) groups excluding carboxylic acids is 1. The SMILES string of the molecule is O=C1c2ccccc2CC1(c1ccc2ccccc2c1)C(F)(F)F. The summed E-state index contributed by atoms with van der Waals surface area (Å²) >= 11 is 0. The molecule has 0 aromatic heterocycles. The number of fused-ring (bicyclic) bond motifs is 2. The minimum Gasteiger partial charge on any atom is -0.293 e. The number of benzene rings is 3. The molecule has 0 spiro atoms. The monoisotopic (exact) mass is 326 g/mol. The van der Waals surface area contributed by atoms with Gasteiger partial charge in [0.25, 0.3) is 0 Å². The number of alkyl halides is 3. The van der Waals surface area contributed by atoms with Crippen molar-refractivity contribution in [3.63, 3.8) is 0 Å². The van der Waals surface area contributed by atoms with Crippen LogP contribution in [0, 0.1) is 0 Å². The summed E-state index contributed by atoms with van der Waals surface area (Å²) < 4.78 is 42.3. The van der Waals surface area contributed by atoms with Gasteiger partial charge in [-0.3, -0.25) is 4.79 Å². The average molecular weight is 326 g/mol. The minimum absolute atomic E-state index is 0.00917. The van der Waals surface area contributed by atoms with Gasteiger partial charge in [-0.25, -0.2) is 0 Å². The molecule has 1 nitrogen and oxygen atoms in total. The molecule has 0 saturated carbocycles. The lowest BCUT2D eigenvalue weighted by Gasteiger charge is -2.30. The van der Waals surface area contributed by atoms with E-state index in [0.717, 1.165) is 5.39 Å². The zero-order chi connectivity index (χ0) is 16.9. The molecule has 0 saturated heterocycles. The number of halogens is 3. The van der Waals surface area contributed by atoms with E-state index in [1.807, 2.05) is 12.1 Å². The maximum absolute atomic E-state index is 14.1. The fourth-order valence-electron chi connectivity index (χ4n) is 3.57. The third-order valence-corrected chi connectivity index (χ3v) is 4.83. The van der Waals surface area contributed by atoms with Crippen molar-refractivity contribution in [1.29, 1.82) is 0 Å². The second kappa shape index (κ2) is 4.94. The molecule has 0 N–H and O–H groups in total. The average Bonchev–Trinajstić information content (AvgIpc) is 2.89. The van der Waals surface area contributed by atoms with Crippen molar-refractivity contribution in [2.45, 2.75) is 18.0 Å². The van der Waals surface area contributed by atoms with Gasteiger partial charge in [-0.1, -0.05) is 60.7 Å². The number of Topliss-reactive ketones (excluding diaryl/α,β-unsaturated/α-hetero) is 1. The molecule has 1 unspecified atom stereocenters. The highest BCUT2D eigenvalue weighted by atomic mass is 19.4. The highest BCUT2D eigenvalue weighted by molar-refractivity contribution is 6.09. The van der Waals surface area contributed by atoms with Crippen LogP contribution in [-0.4, -0.2) is 12.0 Å². The van der Waals surface area contributed by atoms with Crippen LogP contribution in [0.15, 0.2) is 66.7 Å². The van der Waals surface area contributed by atoms with E-state index in [-0.39, 0.29) is 17.5 Å². The first-order valence-corrected chi connectivity index (χ1v) is 7.62. The molecule has 1 aliphatic rings. The Hall–Kier alpha value is -2.62. The summed E-state index contributed by atoms with van der Waals surface area (Å²) in [6.45, 7) is 0. The molecule has 1 atom stereocenters. The van der Waals surface area contributed by atoms with Crippen LogP contribution in [0.1, 0.15) is 21.5 Å². The van der Waals surface area contributed by atoms with Crippen LogP contribution in [0.5, 0.6) is 0 Å². The van der Waals surface area contributed by atoms with E-state index in [1.165, 1.54) is 18.2 Å². The predicted octanol–water partition coefficient (Wildman–Crippen LogP) is 5.08. The first-order valence-electron chi connectivity index (χ1n) is 7.62. The van der Waals surface area contributed by atoms with Crippen molar-refractivity contribution >= 4 is 16.6 Å². The summed E-state index contributed by atoms with van der Waals surface area (Å²) in [5.74, 6) is -0.860. The van der Waals surface area contributed by atoms with Crippen molar-refractivity contribution in [3.8, 4) is 0 Å². The first-order chi connectivity index (χ1) is 11.4. The van der Waals surface area contributed by atoms with E-state index in [4.69, 9.17) is 0 Å². The van der Waals surface area contributed by atoms with E-state index in [2.05, 4.69) is 0 Å². The predicted molar refractivity (Wildman–Crippen MR) is 86.2 cm³/mol. The Morgan fingerprint density at radius 3 is 2.21 bits per heavy atom. The normalized spacial score (nSPS) is 20.4. The first kappa shape index (κ1) is 14.9. The summed E-state index contributed by atoms with van der Waals surface area (Å²) in [5.41, 5.74) is -1.87. The summed E-state index contributed by atoms with van der Waals surface area (Å²) in [6, 6.07) is 18.1. The molecule has 1 aliphatic carbocycles. The minimum atomic E-state index is -4.66. The summed E-state index contributed by atoms with van der Waals surface area (Å²) in [5, 5.41) is 1.55. The van der Waals surface area contributed by atoms with E-state index >= 15 is 0 Å². The molecule has 0 radical (unpaired) electrons. The van der Waals surface area contributed by atoms with Crippen LogP contribution in [0.4, 0.5) is 13.2 Å². The van der Waals surface area contributed by atoms with Gasteiger partial charge in [-0.05, 0) is 34.4 Å². The number of carbonyl (C=O) groups is 1. The van der Waals surface area contributed by atoms with E-state index < -0.39 is 17.4 Å². The maximum atomic E-state index is 14.1. The van der Waals surface area contributed by atoms with Gasteiger partial charge in [0, 0.05) is 5.56 Å². The van der Waals surface area contributed by atoms with Gasteiger partial charge < -0.3 is 0 Å². The Morgan fingerprint density at radius 2 is 1.50 bits per heavy atom. The quantitative estimate of drug-likeness (QED) is 0.609. The van der Waals surface area contributed by atoms with Gasteiger partial charge in [0.1, 0.15) is 0 Å². The molecule has 0 aliphatic heterocycles. The second-order valence-corrected chi connectivity index (χ2v) is 6.13. The molecule has 4 rings (SSSR count). The van der Waals surface area contributed by atoms with Crippen LogP contribution in [0.2, 0.25) is 0 Å². The fraction of sp³-hybridized carbons (Fsp3) is 0.150. The highest BCUT2D eigenvalue weighted by Gasteiger charge is 2.64. The van der Waals surface area contributed by atoms with Crippen LogP contribution < -0.4 is 0 Å². The third kappa shape index (κ3) is 1.92. The van der Waals surface area contributed by atoms with Crippen molar-refractivity contribution in [3.05, 3.63) is 83.4 Å². The molecule has 24 heavy (non-hydrogen) atoms. The number of hydrogen-bond acceptors (Lipinski definition) is 1. The van der Waals surface area contributed by atoms with Crippen molar-refractivity contribution < 1.29 is 18.0 Å². The Morgan fingerprint density at radius 1 is 0.833 bits per heavy atom. The van der Waals surface area contributed by atoms with Gasteiger partial charge in [0.2, 0.25) is 0 Å². The largest absolute Gasteiger partial charge is 0.405 e. The lowest BCUT2D eigenvalue weighted by molar-refractivity contribution is -0.173. The number of ketones is 1. The van der Waals surface area contributed by atoms with E-state index in [1.54, 1.807) is 36.4 Å². The molecule has 3 aromatic carbocycles. The topological polar surface area (TPSA) is 17.1 Å². The van der Waals surface area contributed by atoms with E-state index in [9.17, 15) is 18.0 Å². The molecule has 120 valence electrons. The van der Waals surface area contributed by atoms with Gasteiger partial charge in [-0.15, -0.1) is 0 Å². The standard InChI is InChI=1S/C20H13F3O/c21-20(22,23)19(12-15-7-3-4-8-17(15)18(19)24)16-10-9-13-5-1-2-6-14(13)11-16/h1-11H,12H2. The zero-order valence-corrected chi connectivity index (χ0v) is 12.6. The number of hydrogen-bond donors (Lipinski definition) is 0. The molecular formula is C20H13F3O. The Kier molecular flexibility index (Phi) is 3.07. The molecule has 0 bridgehead atoms. The molecule has 0 fully saturated rings. The number of rotatable bonds is 1. The van der Waals surface area contributed by atoms with Crippen molar-refractivity contribution in [1.82, 2.24) is 0 Å². The second-order valence-electron chi connectivity index (χ2n) is 6.13. The molecule has 4 heteroatoms. The lowest BCUT2D eigenvalue weighted by Crippen LogP contribution is -2.47. The summed E-state index contributed by atoms with van der Waals surface area (Å²) in [6.07, 6.45) is -5.00. The zero-order valence-electron chi connectivity index (χ0n) is 12.6. The Bertz CT molecular complexity index is 958. The van der Waals surface area contributed by atoms with Gasteiger partial charge in [-0.2, -0.15) is 13.2 Å². The van der Waals surface area contributed by atoms with Gasteiger partial charge in [0.15, 0.2) is 11.2 Å². The molecule has 0 amide bonds. The third-order valence-electron chi connectivity index (χ3n) is 4.83. The Balaban J connectivity index is 1.97. The maximum Gasteiger partial charge on any atom is 0.405 e. The molecule has 0 heterocycles. The van der Waals surface area contributed by atoms with Gasteiger partial charge in [0.05, 0.1) is 0 Å². The van der Waals surface area contributed by atoms with Crippen LogP contribution in [0.25, 0.3) is 10.8 Å². The molecule has 3 aromatic rings. The lowest BCUT2D eigenvalue weighted by atomic mass is 9.75. The van der Waals surface area contributed by atoms with Crippen LogP contribution in [-0.2, 0) is 11.8 Å². The van der Waals surface area contributed by atoms with Crippen LogP contribution >= 0.6 is 0 Å². The summed E-state index contributed by atoms with van der Waals surface area (Å²) in [4.78, 5) is 12.8. The smallest absolute Gasteiger partial charge is 0.293 e. The van der Waals surface area contributed by atoms with Crippen LogP contribution in [0.3, 0.4) is 0 Å². The fourth-order valence-corrected chi connectivity index (χ4v) is 3.57. The highest BCUT2D eigenvalue weighted by Crippen LogP contribution is 2.50. The summed E-state index contributed by atoms with van der Waals surface area (Å²) in [7, 11) is 0. The van der Waals surface area contributed by atoms with Crippen molar-refractivity contribution in [2.75, 3.05) is 0 Å². The van der Waals surface area contributed by atoms with Gasteiger partial charge >= 0.3 is 6.18 Å². The molecular weight excluding hydrogens is 313 g/mol. The van der Waals surface area contributed by atoms with E-state index in [0.29, 0.717) is 10.9 Å². The van der Waals surface area contributed by atoms with Crippen molar-refractivity contribution in [2.24, 2.45) is 0 Å². The Labute approximate surface area is 136 Å².